The Hall–Kier alpha value is -2.03. The highest BCUT2D eigenvalue weighted by Crippen LogP contribution is 2.15. The van der Waals surface area contributed by atoms with Crippen LogP contribution in [0.4, 0.5) is 0 Å². The fraction of sp³-hybridized carbons (Fsp3) is 0.133. The number of carbonyl (C=O) groups excluding carboxylic acids is 1. The normalized spacial score (nSPS) is 9.83. The molecule has 2 nitrogen and oxygen atoms in total. The third-order valence-electron chi connectivity index (χ3n) is 2.62. The van der Waals surface area contributed by atoms with E-state index in [1.165, 1.54) is 0 Å². The van der Waals surface area contributed by atoms with Crippen LogP contribution in [0.15, 0.2) is 54.6 Å². The summed E-state index contributed by atoms with van der Waals surface area (Å²) in [4.78, 5) is 12.1. The van der Waals surface area contributed by atoms with Gasteiger partial charge in [-0.2, -0.15) is 0 Å². The molecule has 0 aliphatic heterocycles. The molecule has 2 rings (SSSR count). The van der Waals surface area contributed by atoms with Crippen LogP contribution in [0.5, 0.6) is 5.75 Å². The van der Waals surface area contributed by atoms with Crippen molar-refractivity contribution in [3.8, 4) is 5.75 Å². The average molecular weight is 237 g/mol. The fourth-order valence-corrected chi connectivity index (χ4v) is 1.77. The van der Waals surface area contributed by atoms with Crippen LogP contribution in [-0.2, 0) is 6.32 Å². The molecule has 18 heavy (non-hydrogen) atoms. The summed E-state index contributed by atoms with van der Waals surface area (Å²) in [5.74, 6) is 0.261. The summed E-state index contributed by atoms with van der Waals surface area (Å²) in [7, 11) is 2.02. The van der Waals surface area contributed by atoms with Crippen LogP contribution < -0.4 is 4.74 Å². The molecule has 0 amide bonds. The topological polar surface area (TPSA) is 26.3 Å². The van der Waals surface area contributed by atoms with Gasteiger partial charge in [-0.15, -0.1) is 0 Å². The quantitative estimate of drug-likeness (QED) is 0.463. The Bertz CT molecular complexity index is 523. The zero-order chi connectivity index (χ0) is 12.8. The lowest BCUT2D eigenvalue weighted by Crippen LogP contribution is -2.12. The second-order valence-electron chi connectivity index (χ2n) is 3.97. The van der Waals surface area contributed by atoms with Crippen LogP contribution in [0.2, 0.25) is 6.82 Å². The lowest BCUT2D eigenvalue weighted by Gasteiger charge is -2.08. The number of rotatable bonds is 4. The van der Waals surface area contributed by atoms with Gasteiger partial charge in [0.15, 0.2) is 0 Å². The maximum atomic E-state index is 12.1. The number of carbonyl (C=O) groups is 1. The average Bonchev–Trinajstić information content (AvgIpc) is 2.41. The summed E-state index contributed by atoms with van der Waals surface area (Å²) >= 11 is 0. The summed E-state index contributed by atoms with van der Waals surface area (Å²) in [5, 5.41) is 0. The Kier molecular flexibility index (Phi) is 4.18. The van der Waals surface area contributed by atoms with E-state index in [4.69, 9.17) is 4.74 Å². The third-order valence-corrected chi connectivity index (χ3v) is 2.62. The first-order valence-electron chi connectivity index (χ1n) is 5.94. The van der Waals surface area contributed by atoms with Crippen molar-refractivity contribution >= 4 is 13.2 Å². The highest BCUT2D eigenvalue weighted by Gasteiger charge is 2.12. The molecule has 3 heteroatoms. The number of ether oxygens (including phenoxy) is 1. The molecule has 0 aliphatic rings. The van der Waals surface area contributed by atoms with Crippen LogP contribution in [0.1, 0.15) is 15.9 Å². The largest absolute Gasteiger partial charge is 0.423 e. The molecule has 1 radical (unpaired) electrons. The van der Waals surface area contributed by atoms with Gasteiger partial charge in [-0.25, -0.2) is 4.79 Å². The van der Waals surface area contributed by atoms with Gasteiger partial charge in [-0.1, -0.05) is 49.5 Å². The van der Waals surface area contributed by atoms with E-state index >= 15 is 0 Å². The number of benzene rings is 2. The lowest BCUT2D eigenvalue weighted by molar-refractivity contribution is 0.0734. The van der Waals surface area contributed by atoms with Crippen molar-refractivity contribution in [3.63, 3.8) is 0 Å². The maximum absolute atomic E-state index is 12.1. The first-order chi connectivity index (χ1) is 8.81. The van der Waals surface area contributed by atoms with E-state index in [1.807, 2.05) is 50.5 Å². The minimum Gasteiger partial charge on any atom is -0.423 e. The minimum absolute atomic E-state index is 0.307. The molecule has 2 aromatic carbocycles. The number of esters is 1. The summed E-state index contributed by atoms with van der Waals surface area (Å²) in [6.45, 7) is 1.97. The molecule has 0 bridgehead atoms. The molecule has 89 valence electrons. The molecular weight excluding hydrogens is 223 g/mol. The zero-order valence-electron chi connectivity index (χ0n) is 10.3. The van der Waals surface area contributed by atoms with Crippen molar-refractivity contribution < 1.29 is 9.53 Å². The van der Waals surface area contributed by atoms with E-state index < -0.39 is 0 Å². The summed E-state index contributed by atoms with van der Waals surface area (Å²) < 4.78 is 5.33. The monoisotopic (exact) mass is 237 g/mol. The fourth-order valence-electron chi connectivity index (χ4n) is 1.77. The van der Waals surface area contributed by atoms with Crippen molar-refractivity contribution in [3.05, 3.63) is 65.7 Å². The van der Waals surface area contributed by atoms with Gasteiger partial charge in [0.25, 0.3) is 0 Å². The molecule has 0 atom stereocenters. The minimum atomic E-state index is -0.307. The van der Waals surface area contributed by atoms with Crippen molar-refractivity contribution in [2.75, 3.05) is 0 Å². The Labute approximate surface area is 108 Å². The van der Waals surface area contributed by atoms with Gasteiger partial charge in [-0.05, 0) is 23.8 Å². The molecule has 0 spiro atoms. The molecule has 0 aromatic heterocycles. The van der Waals surface area contributed by atoms with E-state index in [2.05, 4.69) is 0 Å². The van der Waals surface area contributed by atoms with E-state index in [1.54, 1.807) is 18.2 Å². The first-order valence-corrected chi connectivity index (χ1v) is 5.94. The Morgan fingerprint density at radius 1 is 1.06 bits per heavy atom. The van der Waals surface area contributed by atoms with Crippen molar-refractivity contribution in [2.45, 2.75) is 13.1 Å². The lowest BCUT2D eigenvalue weighted by atomic mass is 9.74. The van der Waals surface area contributed by atoms with Crippen LogP contribution in [0.25, 0.3) is 0 Å². The Morgan fingerprint density at radius 2 is 1.72 bits per heavy atom. The zero-order valence-corrected chi connectivity index (χ0v) is 10.3. The van der Waals surface area contributed by atoms with Crippen LogP contribution in [-0.4, -0.2) is 13.2 Å². The predicted molar refractivity (Wildman–Crippen MR) is 73.2 cm³/mol. The Morgan fingerprint density at radius 3 is 2.44 bits per heavy atom. The second-order valence-corrected chi connectivity index (χ2v) is 3.97. The van der Waals surface area contributed by atoms with E-state index in [-0.39, 0.29) is 5.97 Å². The summed E-state index contributed by atoms with van der Waals surface area (Å²) in [5.41, 5.74) is 1.61. The van der Waals surface area contributed by atoms with Gasteiger partial charge < -0.3 is 4.74 Å². The van der Waals surface area contributed by atoms with Gasteiger partial charge in [0, 0.05) is 0 Å². The highest BCUT2D eigenvalue weighted by atomic mass is 16.5. The number of para-hydroxylation sites is 1. The van der Waals surface area contributed by atoms with Crippen LogP contribution in [0, 0.1) is 0 Å². The van der Waals surface area contributed by atoms with Crippen LogP contribution >= 0.6 is 0 Å². The summed E-state index contributed by atoms with van der Waals surface area (Å²) in [6, 6.07) is 16.6. The molecule has 0 fully saturated rings. The second kappa shape index (κ2) is 6.06. The smallest absolute Gasteiger partial charge is 0.343 e. The predicted octanol–water partition coefficient (Wildman–Crippen LogP) is 3.16. The van der Waals surface area contributed by atoms with E-state index in [0.29, 0.717) is 11.3 Å². The van der Waals surface area contributed by atoms with Gasteiger partial charge in [0.1, 0.15) is 13.0 Å². The highest BCUT2D eigenvalue weighted by molar-refractivity contribution is 6.33. The molecule has 0 saturated heterocycles. The number of hydrogen-bond donors (Lipinski definition) is 0. The van der Waals surface area contributed by atoms with Gasteiger partial charge in [-0.3, -0.25) is 0 Å². The van der Waals surface area contributed by atoms with Crippen LogP contribution in [0.3, 0.4) is 0 Å². The molecule has 0 heterocycles. The molecular formula is C15H14BO2. The summed E-state index contributed by atoms with van der Waals surface area (Å²) in [6.07, 6.45) is 0.764. The van der Waals surface area contributed by atoms with Gasteiger partial charge in [0.05, 0.1) is 5.56 Å². The molecule has 0 saturated carbocycles. The maximum Gasteiger partial charge on any atom is 0.343 e. The molecule has 0 N–H and O–H groups in total. The Balaban J connectivity index is 2.19. The molecule has 2 aromatic rings. The number of hydrogen-bond acceptors (Lipinski definition) is 2. The van der Waals surface area contributed by atoms with Crippen molar-refractivity contribution in [1.29, 1.82) is 0 Å². The molecule has 0 unspecified atom stereocenters. The van der Waals surface area contributed by atoms with E-state index in [9.17, 15) is 4.79 Å². The van der Waals surface area contributed by atoms with Crippen molar-refractivity contribution in [2.24, 2.45) is 0 Å². The standard InChI is InChI=1S/C15H14BO2/c1-16-11-12-7-5-6-10-14(12)15(17)18-13-8-3-2-4-9-13/h2-10H,11H2,1H3. The van der Waals surface area contributed by atoms with Gasteiger partial charge >= 0.3 is 5.97 Å². The van der Waals surface area contributed by atoms with Crippen molar-refractivity contribution in [1.82, 2.24) is 0 Å². The SMILES string of the molecule is C[B]Cc1ccccc1C(=O)Oc1ccccc1. The first kappa shape index (κ1) is 12.4. The molecule has 0 aliphatic carbocycles. The van der Waals surface area contributed by atoms with Gasteiger partial charge in [0.2, 0.25) is 0 Å². The van der Waals surface area contributed by atoms with E-state index in [0.717, 1.165) is 11.9 Å². The third kappa shape index (κ3) is 3.01.